The number of rotatable bonds is 1. The molecule has 0 saturated carbocycles. The second-order valence-corrected chi connectivity index (χ2v) is 3.45. The molecule has 2 rings (SSSR count). The third kappa shape index (κ3) is 1.71. The van der Waals surface area contributed by atoms with Crippen LogP contribution in [0.4, 0.5) is 0 Å². The lowest BCUT2D eigenvalue weighted by Crippen LogP contribution is -2.42. The largest absolute Gasteiger partial charge is 0.452 e. The standard InChI is InChI=1S/C10H12O4/c1-6(11)7-2-3-9-8(13-7)4-5-10(12)14-9/h2-9,11H,1H3/t6-,7-,8-,9+/m0/s1. The van der Waals surface area contributed by atoms with Gasteiger partial charge in [-0.2, -0.15) is 0 Å². The first-order chi connectivity index (χ1) is 6.66. The van der Waals surface area contributed by atoms with Crippen molar-refractivity contribution in [2.45, 2.75) is 31.3 Å². The Balaban J connectivity index is 2.12. The Bertz CT molecular complexity index is 292. The quantitative estimate of drug-likeness (QED) is 0.480. The number of hydrogen-bond donors (Lipinski definition) is 1. The molecule has 0 aromatic rings. The van der Waals surface area contributed by atoms with Gasteiger partial charge in [-0.15, -0.1) is 0 Å². The summed E-state index contributed by atoms with van der Waals surface area (Å²) >= 11 is 0. The van der Waals surface area contributed by atoms with E-state index in [1.807, 2.05) is 0 Å². The summed E-state index contributed by atoms with van der Waals surface area (Å²) in [5.41, 5.74) is 0. The molecule has 0 saturated heterocycles. The minimum absolute atomic E-state index is 0.266. The van der Waals surface area contributed by atoms with Crippen molar-refractivity contribution in [2.75, 3.05) is 0 Å². The zero-order valence-corrected chi connectivity index (χ0v) is 7.79. The van der Waals surface area contributed by atoms with E-state index >= 15 is 0 Å². The van der Waals surface area contributed by atoms with Gasteiger partial charge >= 0.3 is 5.97 Å². The van der Waals surface area contributed by atoms with Crippen LogP contribution in [0, 0.1) is 0 Å². The molecule has 0 radical (unpaired) electrons. The van der Waals surface area contributed by atoms with Gasteiger partial charge in [0.15, 0.2) is 6.10 Å². The van der Waals surface area contributed by atoms with Gasteiger partial charge < -0.3 is 14.6 Å². The predicted molar refractivity (Wildman–Crippen MR) is 48.5 cm³/mol. The van der Waals surface area contributed by atoms with Crippen molar-refractivity contribution < 1.29 is 19.4 Å². The van der Waals surface area contributed by atoms with Gasteiger partial charge in [-0.05, 0) is 19.1 Å². The molecule has 76 valence electrons. The maximum Gasteiger partial charge on any atom is 0.331 e. The molecule has 1 N–H and O–H groups in total. The molecule has 0 aliphatic carbocycles. The maximum atomic E-state index is 10.9. The number of carbonyl (C=O) groups is 1. The van der Waals surface area contributed by atoms with Crippen molar-refractivity contribution in [1.29, 1.82) is 0 Å². The van der Waals surface area contributed by atoms with E-state index in [4.69, 9.17) is 9.47 Å². The van der Waals surface area contributed by atoms with Crippen molar-refractivity contribution >= 4 is 5.97 Å². The van der Waals surface area contributed by atoms with Crippen LogP contribution in [0.3, 0.4) is 0 Å². The summed E-state index contributed by atoms with van der Waals surface area (Å²) in [5, 5.41) is 9.31. The van der Waals surface area contributed by atoms with Gasteiger partial charge in [-0.1, -0.05) is 6.08 Å². The molecule has 2 aliphatic heterocycles. The van der Waals surface area contributed by atoms with Gasteiger partial charge in [0.05, 0.1) is 6.10 Å². The molecule has 2 heterocycles. The molecule has 0 amide bonds. The summed E-state index contributed by atoms with van der Waals surface area (Å²) in [6.45, 7) is 1.66. The highest BCUT2D eigenvalue weighted by Crippen LogP contribution is 2.21. The number of ether oxygens (including phenoxy) is 2. The van der Waals surface area contributed by atoms with E-state index in [-0.39, 0.29) is 24.3 Å². The molecule has 0 unspecified atom stereocenters. The third-order valence-electron chi connectivity index (χ3n) is 2.28. The van der Waals surface area contributed by atoms with Crippen molar-refractivity contribution in [2.24, 2.45) is 0 Å². The maximum absolute atomic E-state index is 10.9. The summed E-state index contributed by atoms with van der Waals surface area (Å²) < 4.78 is 10.5. The van der Waals surface area contributed by atoms with E-state index in [0.29, 0.717) is 0 Å². The fourth-order valence-electron chi connectivity index (χ4n) is 1.52. The van der Waals surface area contributed by atoms with Crippen LogP contribution in [0.15, 0.2) is 24.3 Å². The molecule has 4 atom stereocenters. The zero-order valence-electron chi connectivity index (χ0n) is 7.79. The molecule has 0 aromatic heterocycles. The highest BCUT2D eigenvalue weighted by Gasteiger charge is 2.32. The first kappa shape index (κ1) is 9.43. The lowest BCUT2D eigenvalue weighted by molar-refractivity contribution is -0.153. The lowest BCUT2D eigenvalue weighted by Gasteiger charge is -2.33. The van der Waals surface area contributed by atoms with Crippen LogP contribution >= 0.6 is 0 Å². The second kappa shape index (κ2) is 3.55. The number of esters is 1. The zero-order chi connectivity index (χ0) is 10.1. The van der Waals surface area contributed by atoms with Crippen molar-refractivity contribution in [3.63, 3.8) is 0 Å². The van der Waals surface area contributed by atoms with E-state index in [2.05, 4.69) is 0 Å². The van der Waals surface area contributed by atoms with Crippen LogP contribution in [0.1, 0.15) is 6.92 Å². The molecule has 0 aromatic carbocycles. The molecule has 2 aliphatic rings. The van der Waals surface area contributed by atoms with Gasteiger partial charge in [0.1, 0.15) is 12.2 Å². The van der Waals surface area contributed by atoms with Gasteiger partial charge in [0.2, 0.25) is 0 Å². The Labute approximate surface area is 81.8 Å². The predicted octanol–water partition coefficient (Wildman–Crippen LogP) is 0.172. The smallest absolute Gasteiger partial charge is 0.331 e. The van der Waals surface area contributed by atoms with Gasteiger partial charge in [-0.3, -0.25) is 0 Å². The third-order valence-corrected chi connectivity index (χ3v) is 2.28. The average Bonchev–Trinajstić information content (AvgIpc) is 2.16. The minimum Gasteiger partial charge on any atom is -0.452 e. The number of hydrogen-bond acceptors (Lipinski definition) is 4. The summed E-state index contributed by atoms with van der Waals surface area (Å²) in [4.78, 5) is 10.9. The van der Waals surface area contributed by atoms with Gasteiger partial charge in [0, 0.05) is 6.08 Å². The van der Waals surface area contributed by atoms with Crippen molar-refractivity contribution in [1.82, 2.24) is 0 Å². The van der Waals surface area contributed by atoms with Gasteiger partial charge in [-0.25, -0.2) is 4.79 Å². The Hall–Kier alpha value is -1.13. The van der Waals surface area contributed by atoms with Crippen LogP contribution in [-0.2, 0) is 14.3 Å². The van der Waals surface area contributed by atoms with Crippen LogP contribution in [0.25, 0.3) is 0 Å². The Kier molecular flexibility index (Phi) is 2.39. The number of carbonyl (C=O) groups excluding carboxylic acids is 1. The van der Waals surface area contributed by atoms with Crippen molar-refractivity contribution in [3.05, 3.63) is 24.3 Å². The van der Waals surface area contributed by atoms with Crippen molar-refractivity contribution in [3.8, 4) is 0 Å². The number of fused-ring (bicyclic) bond motifs is 1. The van der Waals surface area contributed by atoms with E-state index in [1.165, 1.54) is 6.08 Å². The average molecular weight is 196 g/mol. The van der Waals surface area contributed by atoms with E-state index in [9.17, 15) is 9.90 Å². The van der Waals surface area contributed by atoms with E-state index < -0.39 is 6.10 Å². The fraction of sp³-hybridized carbons (Fsp3) is 0.500. The monoisotopic (exact) mass is 196 g/mol. The minimum atomic E-state index is -0.557. The van der Waals surface area contributed by atoms with Gasteiger partial charge in [0.25, 0.3) is 0 Å². The van der Waals surface area contributed by atoms with Crippen LogP contribution in [0.5, 0.6) is 0 Å². The topological polar surface area (TPSA) is 55.8 Å². The first-order valence-electron chi connectivity index (χ1n) is 4.57. The summed E-state index contributed by atoms with van der Waals surface area (Å²) in [6.07, 6.45) is 5.00. The lowest BCUT2D eigenvalue weighted by atomic mass is 10.0. The van der Waals surface area contributed by atoms with Crippen LogP contribution in [0.2, 0.25) is 0 Å². The fourth-order valence-corrected chi connectivity index (χ4v) is 1.52. The summed E-state index contributed by atoms with van der Waals surface area (Å²) in [6, 6.07) is 0. The SMILES string of the molecule is C[C@H](O)[C@@H]1C=C[C@H]2OC(=O)C=C[C@@H]2O1. The Morgan fingerprint density at radius 1 is 1.36 bits per heavy atom. The molecule has 0 spiro atoms. The Morgan fingerprint density at radius 2 is 2.14 bits per heavy atom. The van der Waals surface area contributed by atoms with E-state index in [1.54, 1.807) is 25.2 Å². The summed E-state index contributed by atoms with van der Waals surface area (Å²) in [7, 11) is 0. The highest BCUT2D eigenvalue weighted by atomic mass is 16.6. The van der Waals surface area contributed by atoms with Crippen LogP contribution < -0.4 is 0 Å². The molecule has 14 heavy (non-hydrogen) atoms. The van der Waals surface area contributed by atoms with Crippen LogP contribution in [-0.4, -0.2) is 35.5 Å². The first-order valence-corrected chi connectivity index (χ1v) is 4.57. The second-order valence-electron chi connectivity index (χ2n) is 3.45. The molecule has 4 heteroatoms. The normalized spacial score (nSPS) is 37.6. The molecular weight excluding hydrogens is 184 g/mol. The highest BCUT2D eigenvalue weighted by molar-refractivity contribution is 5.83. The molecule has 4 nitrogen and oxygen atoms in total. The summed E-state index contributed by atoms with van der Waals surface area (Å²) in [5.74, 6) is -0.352. The molecule has 0 fully saturated rings. The number of aliphatic hydroxyl groups is 1. The Morgan fingerprint density at radius 3 is 2.86 bits per heavy atom. The van der Waals surface area contributed by atoms with E-state index in [0.717, 1.165) is 0 Å². The number of aliphatic hydroxyl groups excluding tert-OH is 1. The molecular formula is C10H12O4. The molecule has 0 bridgehead atoms.